The summed E-state index contributed by atoms with van der Waals surface area (Å²) in [5.74, 6) is 1.89. The molecule has 24 heavy (non-hydrogen) atoms. The monoisotopic (exact) mass is 331 g/mol. The first-order chi connectivity index (χ1) is 11.5. The lowest BCUT2D eigenvalue weighted by Gasteiger charge is -2.34. The van der Waals surface area contributed by atoms with Crippen LogP contribution in [0.15, 0.2) is 24.3 Å². The Hall–Kier alpha value is -1.84. The summed E-state index contributed by atoms with van der Waals surface area (Å²) in [6.45, 7) is 6.98. The fourth-order valence-electron chi connectivity index (χ4n) is 3.34. The maximum absolute atomic E-state index is 12.2. The first-order valence-corrected chi connectivity index (χ1v) is 9.06. The van der Waals surface area contributed by atoms with E-state index in [1.54, 1.807) is 24.3 Å². The number of hydrogen-bond acceptors (Lipinski definition) is 3. The first kappa shape index (κ1) is 18.5. The molecule has 0 heterocycles. The lowest BCUT2D eigenvalue weighted by atomic mass is 9.78. The fourth-order valence-corrected chi connectivity index (χ4v) is 3.34. The second-order valence-corrected chi connectivity index (χ2v) is 6.82. The van der Waals surface area contributed by atoms with Crippen LogP contribution < -0.4 is 10.1 Å². The van der Waals surface area contributed by atoms with E-state index in [9.17, 15) is 9.59 Å². The summed E-state index contributed by atoms with van der Waals surface area (Å²) in [6.07, 6.45) is 3.95. The van der Waals surface area contributed by atoms with Gasteiger partial charge in [0.05, 0.1) is 6.61 Å². The van der Waals surface area contributed by atoms with E-state index < -0.39 is 0 Å². The standard InChI is InChI=1S/C20H29NO3/c1-4-24-17-10-8-16(9-11-17)19(22)12-13-20(23)21-18-7-5-6-14(2)15(18)3/h8-11,14-15,18H,4-7,12-13H2,1-3H3,(H,21,23)/t14-,15-,18+/m0/s1. The molecule has 4 heteroatoms. The van der Waals surface area contributed by atoms with E-state index >= 15 is 0 Å². The number of benzene rings is 1. The van der Waals surface area contributed by atoms with E-state index in [2.05, 4.69) is 19.2 Å². The van der Waals surface area contributed by atoms with E-state index in [0.29, 0.717) is 24.0 Å². The Morgan fingerprint density at radius 3 is 2.50 bits per heavy atom. The fraction of sp³-hybridized carbons (Fsp3) is 0.600. The van der Waals surface area contributed by atoms with Crippen LogP contribution in [-0.2, 0) is 4.79 Å². The van der Waals surface area contributed by atoms with Crippen molar-refractivity contribution in [1.82, 2.24) is 5.32 Å². The molecular weight excluding hydrogens is 302 g/mol. The van der Waals surface area contributed by atoms with Gasteiger partial charge in [0, 0.05) is 24.4 Å². The number of rotatable bonds is 7. The average molecular weight is 331 g/mol. The number of amides is 1. The Kier molecular flexibility index (Phi) is 6.83. The molecule has 1 aliphatic rings. The van der Waals surface area contributed by atoms with Gasteiger partial charge in [-0.2, -0.15) is 0 Å². The zero-order valence-corrected chi connectivity index (χ0v) is 15.0. The zero-order valence-electron chi connectivity index (χ0n) is 15.0. The Labute approximate surface area is 145 Å². The number of ketones is 1. The summed E-state index contributed by atoms with van der Waals surface area (Å²) >= 11 is 0. The molecule has 1 aromatic rings. The predicted octanol–water partition coefficient (Wildman–Crippen LogP) is 3.99. The van der Waals surface area contributed by atoms with Crippen molar-refractivity contribution < 1.29 is 14.3 Å². The molecule has 0 radical (unpaired) electrons. The molecule has 1 aromatic carbocycles. The largest absolute Gasteiger partial charge is 0.494 e. The molecule has 0 aromatic heterocycles. The van der Waals surface area contributed by atoms with Gasteiger partial charge in [0.2, 0.25) is 5.91 Å². The van der Waals surface area contributed by atoms with Crippen molar-refractivity contribution in [2.24, 2.45) is 11.8 Å². The van der Waals surface area contributed by atoms with Crippen LogP contribution in [0.3, 0.4) is 0 Å². The van der Waals surface area contributed by atoms with Gasteiger partial charge in [-0.15, -0.1) is 0 Å². The summed E-state index contributed by atoms with van der Waals surface area (Å²) in [4.78, 5) is 24.4. The van der Waals surface area contributed by atoms with Crippen LogP contribution >= 0.6 is 0 Å². The average Bonchev–Trinajstić information content (AvgIpc) is 2.58. The molecular formula is C20H29NO3. The summed E-state index contributed by atoms with van der Waals surface area (Å²) in [6, 6.07) is 7.36. The number of ether oxygens (including phenoxy) is 1. The van der Waals surface area contributed by atoms with E-state index in [1.165, 1.54) is 12.8 Å². The van der Waals surface area contributed by atoms with Crippen molar-refractivity contribution in [3.05, 3.63) is 29.8 Å². The lowest BCUT2D eigenvalue weighted by molar-refractivity contribution is -0.122. The van der Waals surface area contributed by atoms with E-state index in [0.717, 1.165) is 12.2 Å². The van der Waals surface area contributed by atoms with Crippen molar-refractivity contribution >= 4 is 11.7 Å². The second kappa shape index (κ2) is 8.86. The van der Waals surface area contributed by atoms with Gasteiger partial charge in [0.15, 0.2) is 5.78 Å². The smallest absolute Gasteiger partial charge is 0.220 e. The molecule has 0 unspecified atom stereocenters. The Morgan fingerprint density at radius 1 is 1.12 bits per heavy atom. The SMILES string of the molecule is CCOc1ccc(C(=O)CCC(=O)N[C@@H]2CCC[C@H](C)[C@@H]2C)cc1. The minimum atomic E-state index is -0.0137. The van der Waals surface area contributed by atoms with Crippen molar-refractivity contribution in [3.63, 3.8) is 0 Å². The zero-order chi connectivity index (χ0) is 17.5. The van der Waals surface area contributed by atoms with Crippen molar-refractivity contribution in [3.8, 4) is 5.75 Å². The molecule has 0 bridgehead atoms. The number of carbonyl (C=O) groups is 2. The second-order valence-electron chi connectivity index (χ2n) is 6.82. The van der Waals surface area contributed by atoms with Crippen LogP contribution in [-0.4, -0.2) is 24.3 Å². The first-order valence-electron chi connectivity index (χ1n) is 9.06. The Balaban J connectivity index is 1.79. The molecule has 1 amide bonds. The van der Waals surface area contributed by atoms with Crippen molar-refractivity contribution in [2.75, 3.05) is 6.61 Å². The lowest BCUT2D eigenvalue weighted by Crippen LogP contribution is -2.43. The molecule has 3 atom stereocenters. The van der Waals surface area contributed by atoms with Crippen LogP contribution in [0.1, 0.15) is 63.2 Å². The van der Waals surface area contributed by atoms with Crippen molar-refractivity contribution in [2.45, 2.75) is 58.9 Å². The highest BCUT2D eigenvalue weighted by atomic mass is 16.5. The van der Waals surface area contributed by atoms with Crippen LogP contribution in [0.25, 0.3) is 0 Å². The number of Topliss-reactive ketones (excluding diaryl/α,β-unsaturated/α-hetero) is 1. The maximum atomic E-state index is 12.2. The van der Waals surface area contributed by atoms with E-state index in [-0.39, 0.29) is 30.6 Å². The van der Waals surface area contributed by atoms with Crippen LogP contribution in [0.4, 0.5) is 0 Å². The minimum Gasteiger partial charge on any atom is -0.494 e. The van der Waals surface area contributed by atoms with Gasteiger partial charge in [-0.1, -0.05) is 26.7 Å². The highest BCUT2D eigenvalue weighted by Gasteiger charge is 2.28. The Morgan fingerprint density at radius 2 is 1.83 bits per heavy atom. The van der Waals surface area contributed by atoms with Gasteiger partial charge in [-0.05, 0) is 49.4 Å². The van der Waals surface area contributed by atoms with Gasteiger partial charge < -0.3 is 10.1 Å². The molecule has 0 aliphatic heterocycles. The maximum Gasteiger partial charge on any atom is 0.220 e. The highest BCUT2D eigenvalue weighted by Crippen LogP contribution is 2.29. The molecule has 0 spiro atoms. The van der Waals surface area contributed by atoms with Crippen LogP contribution in [0.5, 0.6) is 5.75 Å². The van der Waals surface area contributed by atoms with E-state index in [1.807, 2.05) is 6.92 Å². The van der Waals surface area contributed by atoms with Gasteiger partial charge in [-0.3, -0.25) is 9.59 Å². The van der Waals surface area contributed by atoms with Gasteiger partial charge in [-0.25, -0.2) is 0 Å². The molecule has 0 saturated heterocycles. The number of carbonyl (C=O) groups excluding carboxylic acids is 2. The molecule has 1 fully saturated rings. The highest BCUT2D eigenvalue weighted by molar-refractivity contribution is 5.98. The van der Waals surface area contributed by atoms with Crippen molar-refractivity contribution in [1.29, 1.82) is 0 Å². The Bertz CT molecular complexity index is 553. The molecule has 1 aliphatic carbocycles. The topological polar surface area (TPSA) is 55.4 Å². The van der Waals surface area contributed by atoms with E-state index in [4.69, 9.17) is 4.74 Å². The third-order valence-corrected chi connectivity index (χ3v) is 5.12. The van der Waals surface area contributed by atoms with Gasteiger partial charge in [0.1, 0.15) is 5.75 Å². The normalized spacial score (nSPS) is 23.5. The third-order valence-electron chi connectivity index (χ3n) is 5.12. The summed E-state index contributed by atoms with van der Waals surface area (Å²) in [5.41, 5.74) is 0.630. The molecule has 132 valence electrons. The number of nitrogens with one attached hydrogen (secondary N) is 1. The van der Waals surface area contributed by atoms with Gasteiger partial charge >= 0.3 is 0 Å². The van der Waals surface area contributed by atoms with Crippen LogP contribution in [0, 0.1) is 11.8 Å². The van der Waals surface area contributed by atoms with Crippen LogP contribution in [0.2, 0.25) is 0 Å². The molecule has 1 N–H and O–H groups in total. The predicted molar refractivity (Wildman–Crippen MR) is 95.3 cm³/mol. The molecule has 1 saturated carbocycles. The summed E-state index contributed by atoms with van der Waals surface area (Å²) < 4.78 is 5.37. The molecule has 4 nitrogen and oxygen atoms in total. The summed E-state index contributed by atoms with van der Waals surface area (Å²) in [5, 5.41) is 3.12. The quantitative estimate of drug-likeness (QED) is 0.769. The third kappa shape index (κ3) is 5.08. The number of hydrogen-bond donors (Lipinski definition) is 1. The minimum absolute atomic E-state index is 0.00161. The summed E-state index contributed by atoms with van der Waals surface area (Å²) in [7, 11) is 0. The molecule has 2 rings (SSSR count). The van der Waals surface area contributed by atoms with Gasteiger partial charge in [0.25, 0.3) is 0 Å².